The van der Waals surface area contributed by atoms with E-state index >= 15 is 0 Å². The molecular formula is C11H12ClN3S. The Kier molecular flexibility index (Phi) is 2.77. The molecule has 0 N–H and O–H groups in total. The van der Waals surface area contributed by atoms with Gasteiger partial charge in [0.2, 0.25) is 0 Å². The highest BCUT2D eigenvalue weighted by molar-refractivity contribution is 7.99. The quantitative estimate of drug-likeness (QED) is 0.732. The fourth-order valence-corrected chi connectivity index (χ4v) is 3.50. The van der Waals surface area contributed by atoms with Crippen LogP contribution >= 0.6 is 23.4 Å². The van der Waals surface area contributed by atoms with Crippen molar-refractivity contribution < 1.29 is 0 Å². The molecule has 0 unspecified atom stereocenters. The van der Waals surface area contributed by atoms with Gasteiger partial charge in [0.1, 0.15) is 11.0 Å². The smallest absolute Gasteiger partial charge is 0.161 e. The van der Waals surface area contributed by atoms with Crippen molar-refractivity contribution >= 4 is 29.0 Å². The largest absolute Gasteiger partial charge is 0.269 e. The molecule has 0 aromatic carbocycles. The van der Waals surface area contributed by atoms with Gasteiger partial charge in [0.15, 0.2) is 5.65 Å². The van der Waals surface area contributed by atoms with Crippen LogP contribution in [-0.2, 0) is 0 Å². The molecule has 1 fully saturated rings. The van der Waals surface area contributed by atoms with E-state index in [0.717, 1.165) is 11.5 Å². The maximum absolute atomic E-state index is 6.20. The fraction of sp³-hybridized carbons (Fsp3) is 0.455. The van der Waals surface area contributed by atoms with Crippen LogP contribution in [0.4, 0.5) is 0 Å². The minimum atomic E-state index is 0.510. The molecule has 2 aromatic rings. The topological polar surface area (TPSA) is 30.2 Å². The first-order valence-corrected chi connectivity index (χ1v) is 6.97. The molecule has 1 aliphatic heterocycles. The number of hydrogen-bond acceptors (Lipinski definition) is 3. The maximum atomic E-state index is 6.20. The van der Waals surface area contributed by atoms with Gasteiger partial charge in [-0.25, -0.2) is 0 Å². The van der Waals surface area contributed by atoms with Crippen LogP contribution in [-0.4, -0.2) is 26.1 Å². The molecule has 0 spiro atoms. The summed E-state index contributed by atoms with van der Waals surface area (Å²) < 4.78 is 1.97. The first-order valence-electron chi connectivity index (χ1n) is 5.43. The van der Waals surface area contributed by atoms with Gasteiger partial charge in [-0.05, 0) is 36.5 Å². The van der Waals surface area contributed by atoms with Gasteiger partial charge < -0.3 is 0 Å². The Morgan fingerprint density at radius 1 is 1.25 bits per heavy atom. The van der Waals surface area contributed by atoms with Crippen LogP contribution in [0.3, 0.4) is 0 Å². The van der Waals surface area contributed by atoms with Crippen molar-refractivity contribution in [3.63, 3.8) is 0 Å². The third-order valence-electron chi connectivity index (χ3n) is 2.99. The van der Waals surface area contributed by atoms with Gasteiger partial charge >= 0.3 is 0 Å². The molecule has 0 bridgehead atoms. The van der Waals surface area contributed by atoms with E-state index in [4.69, 9.17) is 11.6 Å². The average molecular weight is 254 g/mol. The molecular weight excluding hydrogens is 242 g/mol. The zero-order valence-corrected chi connectivity index (χ0v) is 10.3. The molecule has 3 nitrogen and oxygen atoms in total. The Morgan fingerprint density at radius 2 is 2.06 bits per heavy atom. The molecule has 0 atom stereocenters. The number of hydrogen-bond donors (Lipinski definition) is 0. The summed E-state index contributed by atoms with van der Waals surface area (Å²) in [6.07, 6.45) is 2.35. The van der Waals surface area contributed by atoms with Gasteiger partial charge in [0.25, 0.3) is 0 Å². The Hall–Kier alpha value is -0.740. The van der Waals surface area contributed by atoms with Gasteiger partial charge in [-0.15, -0.1) is 10.2 Å². The summed E-state index contributed by atoms with van der Waals surface area (Å²) >= 11 is 8.22. The molecule has 2 aromatic heterocycles. The molecule has 3 heterocycles. The lowest BCUT2D eigenvalue weighted by molar-refractivity contribution is 0.592. The van der Waals surface area contributed by atoms with E-state index < -0.39 is 0 Å². The predicted octanol–water partition coefficient (Wildman–Crippen LogP) is 2.99. The van der Waals surface area contributed by atoms with Gasteiger partial charge in [0, 0.05) is 5.92 Å². The average Bonchev–Trinajstić information content (AvgIpc) is 2.75. The minimum absolute atomic E-state index is 0.510. The number of fused-ring (bicyclic) bond motifs is 1. The normalized spacial score (nSPS) is 18.1. The lowest BCUT2D eigenvalue weighted by Gasteiger charge is -2.19. The molecule has 1 saturated heterocycles. The maximum Gasteiger partial charge on any atom is 0.161 e. The second-order valence-corrected chi connectivity index (χ2v) is 5.60. The fourth-order valence-electron chi connectivity index (χ4n) is 2.14. The van der Waals surface area contributed by atoms with Crippen molar-refractivity contribution in [1.82, 2.24) is 14.6 Å². The van der Waals surface area contributed by atoms with Crippen molar-refractivity contribution in [3.05, 3.63) is 29.2 Å². The van der Waals surface area contributed by atoms with E-state index in [1.165, 1.54) is 24.3 Å². The van der Waals surface area contributed by atoms with E-state index in [0.29, 0.717) is 11.1 Å². The summed E-state index contributed by atoms with van der Waals surface area (Å²) in [6.45, 7) is 0. The van der Waals surface area contributed by atoms with E-state index in [1.54, 1.807) is 0 Å². The van der Waals surface area contributed by atoms with Gasteiger partial charge in [0.05, 0.1) is 0 Å². The highest BCUT2D eigenvalue weighted by atomic mass is 35.5. The van der Waals surface area contributed by atoms with Crippen molar-refractivity contribution in [1.29, 1.82) is 0 Å². The van der Waals surface area contributed by atoms with Gasteiger partial charge in [-0.1, -0.05) is 17.7 Å². The summed E-state index contributed by atoms with van der Waals surface area (Å²) in [5, 5.41) is 9.18. The zero-order valence-electron chi connectivity index (χ0n) is 8.77. The van der Waals surface area contributed by atoms with Crippen molar-refractivity contribution in [2.24, 2.45) is 0 Å². The molecule has 5 heteroatoms. The van der Waals surface area contributed by atoms with E-state index in [2.05, 4.69) is 10.2 Å². The first-order chi connectivity index (χ1) is 7.86. The molecule has 1 aliphatic rings. The number of rotatable bonds is 1. The highest BCUT2D eigenvalue weighted by Gasteiger charge is 2.21. The number of halogens is 1. The highest BCUT2D eigenvalue weighted by Crippen LogP contribution is 2.31. The number of thioether (sulfide) groups is 1. The van der Waals surface area contributed by atoms with Crippen LogP contribution < -0.4 is 0 Å². The Balaban J connectivity index is 2.09. The second kappa shape index (κ2) is 4.26. The van der Waals surface area contributed by atoms with Crippen LogP contribution in [0.15, 0.2) is 18.2 Å². The van der Waals surface area contributed by atoms with E-state index in [-0.39, 0.29) is 0 Å². The van der Waals surface area contributed by atoms with Crippen LogP contribution in [0.1, 0.15) is 24.6 Å². The van der Waals surface area contributed by atoms with Crippen LogP contribution in [0.2, 0.25) is 5.15 Å². The minimum Gasteiger partial charge on any atom is -0.269 e. The first kappa shape index (κ1) is 10.4. The molecule has 0 aliphatic carbocycles. The Morgan fingerprint density at radius 3 is 2.88 bits per heavy atom. The second-order valence-electron chi connectivity index (χ2n) is 3.99. The Bertz CT molecular complexity index is 505. The van der Waals surface area contributed by atoms with Crippen LogP contribution in [0.5, 0.6) is 0 Å². The molecule has 0 saturated carbocycles. The standard InChI is InChI=1S/C11H12ClN3S/c12-9-2-1-3-10-13-14-11(15(9)10)8-4-6-16-7-5-8/h1-3,8H,4-7H2. The number of pyridine rings is 1. The number of aromatic nitrogens is 3. The molecule has 0 radical (unpaired) electrons. The molecule has 0 amide bonds. The lowest BCUT2D eigenvalue weighted by Crippen LogP contribution is -2.11. The van der Waals surface area contributed by atoms with Crippen molar-refractivity contribution in [3.8, 4) is 0 Å². The molecule has 3 rings (SSSR count). The van der Waals surface area contributed by atoms with Crippen molar-refractivity contribution in [2.75, 3.05) is 11.5 Å². The predicted molar refractivity (Wildman–Crippen MR) is 67.3 cm³/mol. The van der Waals surface area contributed by atoms with Gasteiger partial charge in [-0.3, -0.25) is 4.40 Å². The lowest BCUT2D eigenvalue weighted by atomic mass is 10.0. The summed E-state index contributed by atoms with van der Waals surface area (Å²) in [4.78, 5) is 0. The van der Waals surface area contributed by atoms with Crippen LogP contribution in [0, 0.1) is 0 Å². The molecule has 16 heavy (non-hydrogen) atoms. The number of nitrogens with zero attached hydrogens (tertiary/aromatic N) is 3. The van der Waals surface area contributed by atoms with Gasteiger partial charge in [-0.2, -0.15) is 11.8 Å². The zero-order chi connectivity index (χ0) is 11.0. The molecule has 84 valence electrons. The van der Waals surface area contributed by atoms with Crippen LogP contribution in [0.25, 0.3) is 5.65 Å². The SMILES string of the molecule is Clc1cccc2nnc(C3CCSCC3)n12. The third kappa shape index (κ3) is 1.70. The third-order valence-corrected chi connectivity index (χ3v) is 4.34. The summed E-state index contributed by atoms with van der Waals surface area (Å²) in [5.74, 6) is 3.96. The van der Waals surface area contributed by atoms with E-state index in [1.807, 2.05) is 34.4 Å². The summed E-state index contributed by atoms with van der Waals surface area (Å²) in [5.41, 5.74) is 0.848. The monoisotopic (exact) mass is 253 g/mol. The van der Waals surface area contributed by atoms with E-state index in [9.17, 15) is 0 Å². The summed E-state index contributed by atoms with van der Waals surface area (Å²) in [6, 6.07) is 5.74. The van der Waals surface area contributed by atoms with Crippen molar-refractivity contribution in [2.45, 2.75) is 18.8 Å². The Labute approximate surface area is 103 Å². The summed E-state index contributed by atoms with van der Waals surface area (Å²) in [7, 11) is 0.